The molecule has 10 nitrogen and oxygen atoms in total. The summed E-state index contributed by atoms with van der Waals surface area (Å²) in [5, 5.41) is 3.26. The minimum Gasteiger partial charge on any atom is -0.370 e. The van der Waals surface area contributed by atoms with Gasteiger partial charge in [-0.05, 0) is 39.5 Å². The second-order valence-corrected chi connectivity index (χ2v) is 9.16. The highest BCUT2D eigenvalue weighted by Gasteiger charge is 2.18. The molecule has 1 aliphatic rings. The van der Waals surface area contributed by atoms with Crippen LogP contribution >= 0.6 is 0 Å². The van der Waals surface area contributed by atoms with E-state index in [-0.39, 0.29) is 0 Å². The second-order valence-electron chi connectivity index (χ2n) is 6.23. The summed E-state index contributed by atoms with van der Waals surface area (Å²) in [6.45, 7) is 4.77. The fourth-order valence-electron chi connectivity index (χ4n) is 1.84. The molecule has 0 unspecified atom stereocenters. The van der Waals surface area contributed by atoms with Gasteiger partial charge >= 0.3 is 0 Å². The van der Waals surface area contributed by atoms with Gasteiger partial charge in [-0.15, -0.1) is 0 Å². The first-order chi connectivity index (χ1) is 11.6. The van der Waals surface area contributed by atoms with Crippen LogP contribution in [0.1, 0.15) is 39.5 Å². The third-order valence-corrected chi connectivity index (χ3v) is 2.89. The van der Waals surface area contributed by atoms with Gasteiger partial charge in [-0.2, -0.15) is 16.8 Å². The first kappa shape index (κ1) is 27.0. The quantitative estimate of drug-likeness (QED) is 0.184. The summed E-state index contributed by atoms with van der Waals surface area (Å²) < 4.78 is 51.7. The van der Waals surface area contributed by atoms with Crippen LogP contribution in [0.5, 0.6) is 0 Å². The molecule has 1 saturated carbocycles. The average molecular weight is 417 g/mol. The maximum Gasteiger partial charge on any atom is 0.261 e. The molecule has 0 aromatic heterocycles. The van der Waals surface area contributed by atoms with Crippen molar-refractivity contribution in [2.75, 3.05) is 19.1 Å². The minimum absolute atomic E-state index is 0.377. The molecule has 1 fully saturated rings. The number of aliphatic imine (C=N–C) groups is 1. The zero-order valence-electron chi connectivity index (χ0n) is 15.7. The average Bonchev–Trinajstić information content (AvgIpc) is 2.37. The molecule has 0 aromatic rings. The Balaban J connectivity index is 0. The zero-order valence-corrected chi connectivity index (χ0v) is 17.3. The largest absolute Gasteiger partial charge is 0.370 e. The Morgan fingerprint density at radius 2 is 1.46 bits per heavy atom. The van der Waals surface area contributed by atoms with E-state index in [0.29, 0.717) is 37.1 Å². The van der Waals surface area contributed by atoms with Gasteiger partial charge in [-0.3, -0.25) is 9.11 Å². The van der Waals surface area contributed by atoms with Crippen molar-refractivity contribution in [3.8, 4) is 0 Å². The highest BCUT2D eigenvalue weighted by atomic mass is 32.2. The molecular weight excluding hydrogens is 384 g/mol. The van der Waals surface area contributed by atoms with Gasteiger partial charge in [-0.25, -0.2) is 4.99 Å². The van der Waals surface area contributed by atoms with Gasteiger partial charge in [0.1, 0.15) is 0 Å². The van der Waals surface area contributed by atoms with Crippen LogP contribution in [-0.4, -0.2) is 63.0 Å². The molecule has 0 bridgehead atoms. The van der Waals surface area contributed by atoms with Crippen molar-refractivity contribution in [1.29, 1.82) is 0 Å². The van der Waals surface area contributed by atoms with E-state index in [1.54, 1.807) is 0 Å². The summed E-state index contributed by atoms with van der Waals surface area (Å²) in [6, 6.07) is 0.831. The van der Waals surface area contributed by atoms with E-state index in [1.165, 1.54) is 5.57 Å². The molecule has 1 aliphatic carbocycles. The lowest BCUT2D eigenvalue weighted by molar-refractivity contribution is 0.372. The number of nitrogens with one attached hydrogen (secondary N) is 1. The van der Waals surface area contributed by atoms with Gasteiger partial charge in [0, 0.05) is 12.1 Å². The number of hydrogen-bond acceptors (Lipinski definition) is 6. The molecule has 1 rings (SSSR count). The maximum atomic E-state index is 9.19. The molecule has 12 heteroatoms. The van der Waals surface area contributed by atoms with Crippen LogP contribution in [0.3, 0.4) is 0 Å². The van der Waals surface area contributed by atoms with Crippen LogP contribution in [0.25, 0.3) is 0 Å². The van der Waals surface area contributed by atoms with Crippen molar-refractivity contribution in [3.05, 3.63) is 11.6 Å². The smallest absolute Gasteiger partial charge is 0.261 e. The van der Waals surface area contributed by atoms with Crippen molar-refractivity contribution >= 4 is 26.2 Å². The molecule has 26 heavy (non-hydrogen) atoms. The highest BCUT2D eigenvalue weighted by molar-refractivity contribution is 7.85. The van der Waals surface area contributed by atoms with Crippen molar-refractivity contribution in [2.45, 2.75) is 51.6 Å². The molecule has 0 radical (unpaired) electrons. The lowest BCUT2D eigenvalue weighted by atomic mass is 9.92. The minimum atomic E-state index is -3.67. The van der Waals surface area contributed by atoms with Gasteiger partial charge < -0.3 is 16.8 Å². The predicted octanol–water partition coefficient (Wildman–Crippen LogP) is 0.135. The van der Waals surface area contributed by atoms with Crippen LogP contribution in [0.4, 0.5) is 0 Å². The van der Waals surface area contributed by atoms with Crippen LogP contribution in [-0.2, 0) is 20.2 Å². The fraction of sp³-hybridized carbons (Fsp3) is 0.786. The lowest BCUT2D eigenvalue weighted by Gasteiger charge is -2.27. The first-order valence-corrected chi connectivity index (χ1v) is 11.6. The monoisotopic (exact) mass is 416 g/mol. The summed E-state index contributed by atoms with van der Waals surface area (Å²) in [5.41, 5.74) is 12.9. The molecule has 0 amide bonds. The predicted molar refractivity (Wildman–Crippen MR) is 104 cm³/mol. The van der Waals surface area contributed by atoms with Crippen molar-refractivity contribution in [2.24, 2.45) is 16.5 Å². The van der Waals surface area contributed by atoms with Gasteiger partial charge in [-0.1, -0.05) is 11.6 Å². The zero-order chi connectivity index (χ0) is 21.0. The third kappa shape index (κ3) is 30.6. The number of nitrogens with two attached hydrogens (primary N) is 2. The topological polar surface area (TPSA) is 185 Å². The molecule has 0 aromatic carbocycles. The Labute approximate surface area is 156 Å². The summed E-state index contributed by atoms with van der Waals surface area (Å²) in [5.74, 6) is 0.554. The highest BCUT2D eigenvalue weighted by Crippen LogP contribution is 2.16. The van der Waals surface area contributed by atoms with Crippen molar-refractivity contribution < 1.29 is 25.9 Å². The second kappa shape index (κ2) is 13.0. The maximum absolute atomic E-state index is 9.19. The van der Waals surface area contributed by atoms with Gasteiger partial charge in [0.05, 0.1) is 19.1 Å². The SMILES string of the molecule is CC(C)=CCN=C(N)NC1CCC(N)CC1.CS(=O)(=O)O.CS(=O)(=O)O. The number of rotatable bonds is 3. The molecule has 0 spiro atoms. The molecule has 0 heterocycles. The molecule has 156 valence electrons. The standard InChI is InChI=1S/C12H24N4.2CH4O3S/c1-9(2)7-8-15-12(14)16-11-5-3-10(13)4-6-11;2*1-5(2,3)4/h7,10-11H,3-6,8,13H2,1-2H3,(H3,14,15,16);2*1H3,(H,2,3,4). The van der Waals surface area contributed by atoms with Gasteiger partial charge in [0.2, 0.25) is 0 Å². The normalized spacial score (nSPS) is 20.7. The number of guanidine groups is 1. The van der Waals surface area contributed by atoms with Crippen LogP contribution in [0, 0.1) is 0 Å². The Kier molecular flexibility index (Phi) is 13.5. The van der Waals surface area contributed by atoms with Gasteiger partial charge in [0.15, 0.2) is 5.96 Å². The van der Waals surface area contributed by atoms with E-state index in [9.17, 15) is 16.8 Å². The Hall–Kier alpha value is -1.21. The number of nitrogens with zero attached hydrogens (tertiary/aromatic N) is 1. The van der Waals surface area contributed by atoms with Crippen LogP contribution < -0.4 is 16.8 Å². The van der Waals surface area contributed by atoms with E-state index in [0.717, 1.165) is 25.7 Å². The summed E-state index contributed by atoms with van der Waals surface area (Å²) >= 11 is 0. The Morgan fingerprint density at radius 3 is 1.81 bits per heavy atom. The summed E-state index contributed by atoms with van der Waals surface area (Å²) in [6.07, 6.45) is 7.85. The van der Waals surface area contributed by atoms with E-state index in [4.69, 9.17) is 20.6 Å². The molecule has 0 saturated heterocycles. The molecule has 7 N–H and O–H groups in total. The molecule has 0 atom stereocenters. The Bertz CT molecular complexity index is 601. The van der Waals surface area contributed by atoms with E-state index in [2.05, 4.69) is 30.2 Å². The third-order valence-electron chi connectivity index (χ3n) is 2.89. The summed E-state index contributed by atoms with van der Waals surface area (Å²) in [4.78, 5) is 4.25. The lowest BCUT2D eigenvalue weighted by Crippen LogP contribution is -2.43. The summed E-state index contributed by atoms with van der Waals surface area (Å²) in [7, 11) is -7.33. The van der Waals surface area contributed by atoms with Crippen molar-refractivity contribution in [1.82, 2.24) is 5.32 Å². The van der Waals surface area contributed by atoms with Crippen LogP contribution in [0.2, 0.25) is 0 Å². The number of hydrogen-bond donors (Lipinski definition) is 5. The molecular formula is C14H32N4O6S2. The fourth-order valence-corrected chi connectivity index (χ4v) is 1.84. The van der Waals surface area contributed by atoms with Gasteiger partial charge in [0.25, 0.3) is 20.2 Å². The van der Waals surface area contributed by atoms with Crippen LogP contribution in [0.15, 0.2) is 16.6 Å². The van der Waals surface area contributed by atoms with E-state index in [1.807, 2.05) is 0 Å². The van der Waals surface area contributed by atoms with E-state index < -0.39 is 20.2 Å². The number of allylic oxidation sites excluding steroid dienone is 1. The molecule has 0 aliphatic heterocycles. The van der Waals surface area contributed by atoms with Crippen molar-refractivity contribution in [3.63, 3.8) is 0 Å². The van der Waals surface area contributed by atoms with E-state index >= 15 is 0 Å². The first-order valence-electron chi connectivity index (χ1n) is 7.88. The Morgan fingerprint density at radius 1 is 1.08 bits per heavy atom.